The lowest BCUT2D eigenvalue weighted by atomic mass is 10.1. The van der Waals surface area contributed by atoms with E-state index < -0.39 is 0 Å². The summed E-state index contributed by atoms with van der Waals surface area (Å²) in [6.07, 6.45) is 11.9. The van der Waals surface area contributed by atoms with Crippen LogP contribution in [0.1, 0.15) is 86.0 Å². The molecular formula is C40H44N16. The van der Waals surface area contributed by atoms with E-state index in [1.54, 1.807) is 25.0 Å². The van der Waals surface area contributed by atoms with Crippen LogP contribution < -0.4 is 20.4 Å². The van der Waals surface area contributed by atoms with E-state index in [1.165, 1.54) is 48.2 Å². The molecule has 0 unspecified atom stereocenters. The van der Waals surface area contributed by atoms with Crippen LogP contribution in [0.5, 0.6) is 0 Å². The first-order chi connectivity index (χ1) is 27.3. The van der Waals surface area contributed by atoms with Crippen LogP contribution in [0.3, 0.4) is 0 Å². The predicted octanol–water partition coefficient (Wildman–Crippen LogP) is 7.79. The maximum atomic E-state index is 4.67. The molecule has 2 aromatic carbocycles. The summed E-state index contributed by atoms with van der Waals surface area (Å²) in [6, 6.07) is 20.5. The van der Waals surface area contributed by atoms with E-state index in [4.69, 9.17) is 0 Å². The number of anilines is 6. The first-order valence-corrected chi connectivity index (χ1v) is 19.0. The molecule has 10 rings (SSSR count). The number of rotatable bonds is 12. The number of hydrogen-bond acceptors (Lipinski definition) is 12. The quantitative estimate of drug-likeness (QED) is 0.0711. The Morgan fingerprint density at radius 1 is 0.571 bits per heavy atom. The Morgan fingerprint density at radius 2 is 1.02 bits per heavy atom. The minimum absolute atomic E-state index is 0.106. The molecule has 6 N–H and O–H groups in total. The normalized spacial score (nSPS) is 14.9. The van der Waals surface area contributed by atoms with Gasteiger partial charge in [-0.05, 0) is 87.1 Å². The van der Waals surface area contributed by atoms with Gasteiger partial charge in [-0.2, -0.15) is 20.2 Å². The Hall–Kier alpha value is -6.84. The Kier molecular flexibility index (Phi) is 9.20. The number of fused-ring (bicyclic) bond motifs is 2. The van der Waals surface area contributed by atoms with Gasteiger partial charge in [-0.1, -0.05) is 12.1 Å². The van der Waals surface area contributed by atoms with Crippen molar-refractivity contribution in [1.29, 1.82) is 0 Å². The van der Waals surface area contributed by atoms with Crippen LogP contribution >= 0.6 is 0 Å². The number of nitrogens with zero attached hydrogens (tertiary/aromatic N) is 10. The zero-order valence-corrected chi connectivity index (χ0v) is 31.7. The molecule has 0 radical (unpaired) electrons. The lowest BCUT2D eigenvalue weighted by molar-refractivity contribution is 0.716. The van der Waals surface area contributed by atoms with Gasteiger partial charge >= 0.3 is 0 Å². The Balaban J connectivity index is 0.000000146. The summed E-state index contributed by atoms with van der Waals surface area (Å²) >= 11 is 0. The molecule has 0 saturated heterocycles. The molecule has 56 heavy (non-hydrogen) atoms. The summed E-state index contributed by atoms with van der Waals surface area (Å²) in [4.78, 5) is 37.2. The van der Waals surface area contributed by atoms with E-state index in [1.807, 2.05) is 38.4 Å². The SMILES string of the molecule is C[C@@H](c1ccc2nc[nH]c2c1)N(C)c1nccc(Nc2cc(C3CC3)[nH]n2)n1.C[C@H](c1ccc2nc[nH]c2c1)N(C)c1nccc(Nc2cc(C3CC3)[nH]n2)n1. The van der Waals surface area contributed by atoms with Gasteiger partial charge in [0.15, 0.2) is 11.6 Å². The average Bonchev–Trinajstić information content (AvgIpc) is 4.01. The standard InChI is InChI=1S/2C20H22N8/c2*1-12(14-5-6-15-17(9-14)23-11-22-15)28(2)20-21-8-7-18(25-20)24-19-10-16(26-27-19)13-3-4-13/h2*5-13H,3-4H2,1-2H3,(H,22,23)(H2,21,24,25,26,27)/t2*12-/m10/s1. The Labute approximate surface area is 323 Å². The zero-order valence-electron chi connectivity index (χ0n) is 31.7. The van der Waals surface area contributed by atoms with Crippen LogP contribution in [-0.4, -0.2) is 74.4 Å². The highest BCUT2D eigenvalue weighted by Crippen LogP contribution is 2.40. The van der Waals surface area contributed by atoms with Gasteiger partial charge in [-0.25, -0.2) is 19.9 Å². The second-order valence-electron chi connectivity index (χ2n) is 14.6. The number of aromatic amines is 4. The number of aromatic nitrogens is 12. The fraction of sp³-hybridized carbons (Fsp3) is 0.300. The van der Waals surface area contributed by atoms with Gasteiger partial charge in [0, 0.05) is 61.8 Å². The number of imidazole rings is 2. The smallest absolute Gasteiger partial charge is 0.227 e. The van der Waals surface area contributed by atoms with Crippen LogP contribution in [0.4, 0.5) is 35.2 Å². The van der Waals surface area contributed by atoms with Gasteiger partial charge in [0.25, 0.3) is 0 Å². The second-order valence-corrected chi connectivity index (χ2v) is 14.6. The summed E-state index contributed by atoms with van der Waals surface area (Å²) in [7, 11) is 4.00. The van der Waals surface area contributed by atoms with E-state index in [2.05, 4.69) is 131 Å². The van der Waals surface area contributed by atoms with Crippen molar-refractivity contribution >= 4 is 57.2 Å². The lowest BCUT2D eigenvalue weighted by Gasteiger charge is -2.25. The van der Waals surface area contributed by atoms with Gasteiger partial charge in [-0.3, -0.25) is 10.2 Å². The maximum Gasteiger partial charge on any atom is 0.227 e. The third-order valence-electron chi connectivity index (χ3n) is 10.7. The largest absolute Gasteiger partial charge is 0.345 e. The third-order valence-corrected chi connectivity index (χ3v) is 10.7. The van der Waals surface area contributed by atoms with Gasteiger partial charge in [0.05, 0.1) is 46.8 Å². The fourth-order valence-electron chi connectivity index (χ4n) is 6.67. The fourth-order valence-corrected chi connectivity index (χ4v) is 6.67. The van der Waals surface area contributed by atoms with E-state index in [9.17, 15) is 0 Å². The Morgan fingerprint density at radius 3 is 1.45 bits per heavy atom. The second kappa shape index (κ2) is 14.8. The Bertz CT molecular complexity index is 2400. The number of H-pyrrole nitrogens is 4. The average molecular weight is 749 g/mol. The van der Waals surface area contributed by atoms with Crippen molar-refractivity contribution in [3.8, 4) is 0 Å². The number of hydrogen-bond donors (Lipinski definition) is 6. The third kappa shape index (κ3) is 7.58. The van der Waals surface area contributed by atoms with Gasteiger partial charge in [0.2, 0.25) is 11.9 Å². The highest BCUT2D eigenvalue weighted by atomic mass is 15.3. The summed E-state index contributed by atoms with van der Waals surface area (Å²) < 4.78 is 0. The topological polar surface area (TPSA) is 197 Å². The van der Waals surface area contributed by atoms with Crippen molar-refractivity contribution in [3.05, 3.63) is 108 Å². The molecule has 2 aliphatic carbocycles. The van der Waals surface area contributed by atoms with E-state index in [0.29, 0.717) is 23.7 Å². The molecule has 2 atom stereocenters. The van der Waals surface area contributed by atoms with Gasteiger partial charge < -0.3 is 30.4 Å². The summed E-state index contributed by atoms with van der Waals surface area (Å²) in [5.74, 6) is 5.61. The van der Waals surface area contributed by atoms with Crippen molar-refractivity contribution in [1.82, 2.24) is 60.3 Å². The van der Waals surface area contributed by atoms with Crippen LogP contribution in [0.2, 0.25) is 0 Å². The zero-order chi connectivity index (χ0) is 38.2. The molecule has 0 amide bonds. The van der Waals surface area contributed by atoms with E-state index in [-0.39, 0.29) is 12.1 Å². The van der Waals surface area contributed by atoms with Crippen LogP contribution in [0, 0.1) is 0 Å². The van der Waals surface area contributed by atoms with Crippen LogP contribution in [0.15, 0.2) is 85.7 Å². The van der Waals surface area contributed by atoms with E-state index >= 15 is 0 Å². The van der Waals surface area contributed by atoms with Crippen molar-refractivity contribution < 1.29 is 0 Å². The molecule has 6 heterocycles. The molecule has 2 fully saturated rings. The highest BCUT2D eigenvalue weighted by molar-refractivity contribution is 5.76. The molecular weight excluding hydrogens is 705 g/mol. The summed E-state index contributed by atoms with van der Waals surface area (Å²) in [6.45, 7) is 4.27. The number of benzene rings is 2. The lowest BCUT2D eigenvalue weighted by Crippen LogP contribution is -2.23. The van der Waals surface area contributed by atoms with Crippen molar-refractivity contribution in [3.63, 3.8) is 0 Å². The molecule has 6 aromatic heterocycles. The minimum atomic E-state index is 0.106. The minimum Gasteiger partial charge on any atom is -0.345 e. The summed E-state index contributed by atoms with van der Waals surface area (Å²) in [5, 5.41) is 21.4. The van der Waals surface area contributed by atoms with Gasteiger partial charge in [0.1, 0.15) is 11.6 Å². The molecule has 0 spiro atoms. The van der Waals surface area contributed by atoms with Crippen molar-refractivity contribution in [2.45, 2.75) is 63.5 Å². The van der Waals surface area contributed by atoms with Crippen LogP contribution in [-0.2, 0) is 0 Å². The first kappa shape index (κ1) is 34.9. The molecule has 0 aliphatic heterocycles. The summed E-state index contributed by atoms with van der Waals surface area (Å²) in [5.41, 5.74) is 8.70. The van der Waals surface area contributed by atoms with E-state index in [0.717, 1.165) is 45.3 Å². The first-order valence-electron chi connectivity index (χ1n) is 19.0. The number of nitrogens with one attached hydrogen (secondary N) is 6. The van der Waals surface area contributed by atoms with Crippen LogP contribution in [0.25, 0.3) is 22.1 Å². The predicted molar refractivity (Wildman–Crippen MR) is 218 cm³/mol. The molecule has 284 valence electrons. The molecule has 16 heteroatoms. The van der Waals surface area contributed by atoms with Gasteiger partial charge in [-0.15, -0.1) is 0 Å². The molecule has 2 saturated carbocycles. The molecule has 2 aliphatic rings. The van der Waals surface area contributed by atoms with Crippen molar-refractivity contribution in [2.75, 3.05) is 34.5 Å². The molecule has 8 aromatic rings. The highest BCUT2D eigenvalue weighted by Gasteiger charge is 2.26. The van der Waals surface area contributed by atoms with Crippen molar-refractivity contribution in [2.24, 2.45) is 0 Å². The monoisotopic (exact) mass is 748 g/mol. The molecule has 0 bridgehead atoms. The molecule has 16 nitrogen and oxygen atoms in total. The maximum absolute atomic E-state index is 4.67.